The van der Waals surface area contributed by atoms with E-state index < -0.39 is 21.4 Å². The maximum atomic E-state index is 12.4. The van der Waals surface area contributed by atoms with Crippen molar-refractivity contribution < 1.29 is 13.2 Å². The SMILES string of the molecule is Cc1cc(C)c(C(=O)CS(=O)(=O)c2ccccn2)c(C)c1. The first-order valence-corrected chi connectivity index (χ1v) is 8.21. The summed E-state index contributed by atoms with van der Waals surface area (Å²) in [5, 5.41) is -0.0687. The maximum Gasteiger partial charge on any atom is 0.203 e. The van der Waals surface area contributed by atoms with Gasteiger partial charge < -0.3 is 0 Å². The topological polar surface area (TPSA) is 64.1 Å². The Bertz CT molecular complexity index is 757. The number of benzene rings is 1. The molecule has 0 amide bonds. The Balaban J connectivity index is 2.35. The van der Waals surface area contributed by atoms with Crippen LogP contribution in [0.2, 0.25) is 0 Å². The summed E-state index contributed by atoms with van der Waals surface area (Å²) in [5.41, 5.74) is 3.14. The molecule has 0 aliphatic rings. The van der Waals surface area contributed by atoms with Crippen LogP contribution in [-0.2, 0) is 9.84 Å². The van der Waals surface area contributed by atoms with Crippen molar-refractivity contribution >= 4 is 15.6 Å². The number of rotatable bonds is 4. The normalized spacial score (nSPS) is 11.4. The summed E-state index contributed by atoms with van der Waals surface area (Å²) in [7, 11) is -3.71. The Kier molecular flexibility index (Phi) is 4.23. The van der Waals surface area contributed by atoms with E-state index >= 15 is 0 Å². The fourth-order valence-corrected chi connectivity index (χ4v) is 3.61. The van der Waals surface area contributed by atoms with Gasteiger partial charge in [-0.15, -0.1) is 0 Å². The lowest BCUT2D eigenvalue weighted by atomic mass is 9.97. The Hall–Kier alpha value is -2.01. The molecule has 1 aromatic carbocycles. The Labute approximate surface area is 124 Å². The zero-order valence-corrected chi connectivity index (χ0v) is 13.1. The van der Waals surface area contributed by atoms with Crippen molar-refractivity contribution in [1.29, 1.82) is 0 Å². The number of aromatic nitrogens is 1. The van der Waals surface area contributed by atoms with E-state index in [0.29, 0.717) is 5.56 Å². The van der Waals surface area contributed by atoms with Gasteiger partial charge in [-0.3, -0.25) is 4.79 Å². The van der Waals surface area contributed by atoms with Gasteiger partial charge >= 0.3 is 0 Å². The first-order valence-electron chi connectivity index (χ1n) is 6.56. The number of sulfone groups is 1. The predicted octanol–water partition coefficient (Wildman–Crippen LogP) is 2.66. The van der Waals surface area contributed by atoms with Gasteiger partial charge in [0.25, 0.3) is 0 Å². The number of aryl methyl sites for hydroxylation is 3. The van der Waals surface area contributed by atoms with Crippen molar-refractivity contribution in [3.05, 3.63) is 58.8 Å². The maximum absolute atomic E-state index is 12.4. The average molecular weight is 303 g/mol. The summed E-state index contributed by atoms with van der Waals surface area (Å²) >= 11 is 0. The third-order valence-electron chi connectivity index (χ3n) is 3.23. The number of carbonyl (C=O) groups is 1. The van der Waals surface area contributed by atoms with Crippen LogP contribution in [0.15, 0.2) is 41.6 Å². The van der Waals surface area contributed by atoms with Crippen molar-refractivity contribution in [3.8, 4) is 0 Å². The van der Waals surface area contributed by atoms with Gasteiger partial charge in [-0.1, -0.05) is 23.8 Å². The first-order chi connectivity index (χ1) is 9.81. The van der Waals surface area contributed by atoms with Crippen LogP contribution in [0.4, 0.5) is 0 Å². The smallest absolute Gasteiger partial charge is 0.203 e. The standard InChI is InChI=1S/C16H17NO3S/c1-11-8-12(2)16(13(3)9-11)14(18)10-21(19,20)15-6-4-5-7-17-15/h4-9H,10H2,1-3H3. The molecule has 2 aromatic rings. The second-order valence-corrected chi connectivity index (χ2v) is 7.06. The minimum atomic E-state index is -3.71. The summed E-state index contributed by atoms with van der Waals surface area (Å²) < 4.78 is 24.4. The summed E-state index contributed by atoms with van der Waals surface area (Å²) in [4.78, 5) is 16.2. The van der Waals surface area contributed by atoms with Crippen LogP contribution in [0.1, 0.15) is 27.0 Å². The lowest BCUT2D eigenvalue weighted by molar-refractivity contribution is 0.101. The highest BCUT2D eigenvalue weighted by Crippen LogP contribution is 2.19. The molecular formula is C16H17NO3S. The molecule has 4 nitrogen and oxygen atoms in total. The van der Waals surface area contributed by atoms with Crippen LogP contribution in [0.25, 0.3) is 0 Å². The molecule has 0 unspecified atom stereocenters. The minimum absolute atomic E-state index is 0.0687. The molecule has 0 spiro atoms. The molecule has 5 heteroatoms. The summed E-state index contributed by atoms with van der Waals surface area (Å²) in [6.07, 6.45) is 1.40. The van der Waals surface area contributed by atoms with Gasteiger partial charge in [0.15, 0.2) is 10.8 Å². The van der Waals surface area contributed by atoms with E-state index in [9.17, 15) is 13.2 Å². The van der Waals surface area contributed by atoms with Gasteiger partial charge in [-0.2, -0.15) is 0 Å². The van der Waals surface area contributed by atoms with Gasteiger partial charge in [0.05, 0.1) is 0 Å². The molecule has 21 heavy (non-hydrogen) atoms. The van der Waals surface area contributed by atoms with E-state index in [1.54, 1.807) is 12.1 Å². The van der Waals surface area contributed by atoms with Crippen LogP contribution in [0, 0.1) is 20.8 Å². The molecule has 0 bridgehead atoms. The lowest BCUT2D eigenvalue weighted by Crippen LogP contribution is -2.19. The average Bonchev–Trinajstić information content (AvgIpc) is 2.37. The van der Waals surface area contributed by atoms with Crippen molar-refractivity contribution in [2.45, 2.75) is 25.8 Å². The Morgan fingerprint density at radius 3 is 2.24 bits per heavy atom. The summed E-state index contributed by atoms with van der Waals surface area (Å²) in [6.45, 7) is 5.58. The number of hydrogen-bond acceptors (Lipinski definition) is 4. The van der Waals surface area contributed by atoms with Gasteiger partial charge in [-0.05, 0) is 44.0 Å². The van der Waals surface area contributed by atoms with Crippen LogP contribution >= 0.6 is 0 Å². The molecule has 1 aromatic heterocycles. The number of carbonyl (C=O) groups excluding carboxylic acids is 1. The van der Waals surface area contributed by atoms with Crippen molar-refractivity contribution in [2.24, 2.45) is 0 Å². The lowest BCUT2D eigenvalue weighted by Gasteiger charge is -2.10. The summed E-state index contributed by atoms with van der Waals surface area (Å²) in [5.74, 6) is -0.954. The second-order valence-electron chi connectivity index (χ2n) is 5.12. The highest BCUT2D eigenvalue weighted by atomic mass is 32.2. The third kappa shape index (κ3) is 3.36. The van der Waals surface area contributed by atoms with E-state index in [1.807, 2.05) is 32.9 Å². The molecule has 110 valence electrons. The summed E-state index contributed by atoms with van der Waals surface area (Å²) in [6, 6.07) is 8.39. The van der Waals surface area contributed by atoms with E-state index in [0.717, 1.165) is 16.7 Å². The molecule has 2 rings (SSSR count). The second kappa shape index (κ2) is 5.77. The fraction of sp³-hybridized carbons (Fsp3) is 0.250. The molecule has 0 N–H and O–H groups in total. The number of Topliss-reactive ketones (excluding diaryl/α,β-unsaturated/α-hetero) is 1. The quantitative estimate of drug-likeness (QED) is 0.815. The van der Waals surface area contributed by atoms with Gasteiger partial charge in [0.2, 0.25) is 9.84 Å². The number of pyridine rings is 1. The van der Waals surface area contributed by atoms with Gasteiger partial charge in [-0.25, -0.2) is 13.4 Å². The van der Waals surface area contributed by atoms with E-state index in [4.69, 9.17) is 0 Å². The van der Waals surface area contributed by atoms with Crippen molar-refractivity contribution in [1.82, 2.24) is 4.98 Å². The molecule has 0 saturated carbocycles. The highest BCUT2D eigenvalue weighted by Gasteiger charge is 2.23. The highest BCUT2D eigenvalue weighted by molar-refractivity contribution is 7.92. The van der Waals surface area contributed by atoms with Crippen LogP contribution in [0.3, 0.4) is 0 Å². The van der Waals surface area contributed by atoms with Crippen LogP contribution in [0.5, 0.6) is 0 Å². The molecule has 0 aliphatic carbocycles. The molecule has 0 atom stereocenters. The molecule has 0 saturated heterocycles. The van der Waals surface area contributed by atoms with Crippen molar-refractivity contribution in [3.63, 3.8) is 0 Å². The predicted molar refractivity (Wildman–Crippen MR) is 81.3 cm³/mol. The van der Waals surface area contributed by atoms with Crippen LogP contribution in [-0.4, -0.2) is 24.9 Å². The van der Waals surface area contributed by atoms with Gasteiger partial charge in [0.1, 0.15) is 5.75 Å². The minimum Gasteiger partial charge on any atom is -0.293 e. The van der Waals surface area contributed by atoms with E-state index in [2.05, 4.69) is 4.98 Å². The van der Waals surface area contributed by atoms with Crippen molar-refractivity contribution in [2.75, 3.05) is 5.75 Å². The number of nitrogens with zero attached hydrogens (tertiary/aromatic N) is 1. The van der Waals surface area contributed by atoms with E-state index in [1.165, 1.54) is 12.3 Å². The van der Waals surface area contributed by atoms with Crippen LogP contribution < -0.4 is 0 Å². The monoisotopic (exact) mass is 303 g/mol. The Morgan fingerprint density at radius 2 is 1.71 bits per heavy atom. The molecule has 0 radical (unpaired) electrons. The molecular weight excluding hydrogens is 286 g/mol. The number of ketones is 1. The zero-order chi connectivity index (χ0) is 15.6. The Morgan fingerprint density at radius 1 is 1.10 bits per heavy atom. The molecule has 0 aliphatic heterocycles. The zero-order valence-electron chi connectivity index (χ0n) is 12.3. The third-order valence-corrected chi connectivity index (χ3v) is 4.75. The largest absolute Gasteiger partial charge is 0.293 e. The first kappa shape index (κ1) is 15.4. The fourth-order valence-electron chi connectivity index (χ4n) is 2.47. The molecule has 0 fully saturated rings. The molecule has 1 heterocycles. The van der Waals surface area contributed by atoms with E-state index in [-0.39, 0.29) is 5.03 Å². The van der Waals surface area contributed by atoms with Gasteiger partial charge in [0, 0.05) is 11.8 Å². The number of hydrogen-bond donors (Lipinski definition) is 0.